The first kappa shape index (κ1) is 15.7. The molecule has 0 aromatic heterocycles. The monoisotopic (exact) mass is 283 g/mol. The van der Waals surface area contributed by atoms with E-state index in [-0.39, 0.29) is 5.91 Å². The second-order valence-electron chi connectivity index (χ2n) is 6.55. The molecule has 0 bridgehead atoms. The summed E-state index contributed by atoms with van der Waals surface area (Å²) in [4.78, 5) is 17.0. The number of likely N-dealkylation sites (N-methyl/N-ethyl adjacent to an activating group) is 1. The molecule has 0 aromatic carbocycles. The fraction of sp³-hybridized carbons (Fsp3) is 0.933. The predicted molar refractivity (Wildman–Crippen MR) is 79.5 cm³/mol. The van der Waals surface area contributed by atoms with Crippen LogP contribution in [0.3, 0.4) is 0 Å². The van der Waals surface area contributed by atoms with Gasteiger partial charge in [0.25, 0.3) is 0 Å². The molecular formula is C15H29N3O2. The molecule has 0 spiro atoms. The molecule has 1 amide bonds. The third-order valence-corrected chi connectivity index (χ3v) is 4.91. The van der Waals surface area contributed by atoms with Crippen LogP contribution in [0.15, 0.2) is 0 Å². The number of carbonyl (C=O) groups excluding carboxylic acids is 1. The lowest BCUT2D eigenvalue weighted by Crippen LogP contribution is -2.60. The number of likely N-dealkylation sites (tertiary alicyclic amines) is 1. The van der Waals surface area contributed by atoms with Gasteiger partial charge in [-0.15, -0.1) is 0 Å². The van der Waals surface area contributed by atoms with E-state index in [1.54, 1.807) is 0 Å². The zero-order valence-electron chi connectivity index (χ0n) is 13.1. The van der Waals surface area contributed by atoms with Gasteiger partial charge in [0.05, 0.1) is 5.54 Å². The molecule has 2 fully saturated rings. The van der Waals surface area contributed by atoms with Crippen LogP contribution in [0.5, 0.6) is 0 Å². The number of carbonyl (C=O) groups is 1. The van der Waals surface area contributed by atoms with Crippen molar-refractivity contribution in [1.82, 2.24) is 9.80 Å². The zero-order valence-corrected chi connectivity index (χ0v) is 13.1. The maximum Gasteiger partial charge on any atom is 0.242 e. The smallest absolute Gasteiger partial charge is 0.242 e. The summed E-state index contributed by atoms with van der Waals surface area (Å²) in [5.74, 6) is 0.101. The molecule has 0 radical (unpaired) electrons. The first-order valence-electron chi connectivity index (χ1n) is 7.82. The van der Waals surface area contributed by atoms with E-state index in [1.165, 1.54) is 0 Å². The molecule has 5 nitrogen and oxygen atoms in total. The lowest BCUT2D eigenvalue weighted by Gasteiger charge is -2.42. The van der Waals surface area contributed by atoms with E-state index in [0.717, 1.165) is 25.9 Å². The first-order valence-corrected chi connectivity index (χ1v) is 7.82. The third-order valence-electron chi connectivity index (χ3n) is 4.91. The topological polar surface area (TPSA) is 58.8 Å². The van der Waals surface area contributed by atoms with Gasteiger partial charge >= 0.3 is 0 Å². The van der Waals surface area contributed by atoms with Crippen molar-refractivity contribution < 1.29 is 9.53 Å². The van der Waals surface area contributed by atoms with Gasteiger partial charge in [-0.05, 0) is 39.5 Å². The van der Waals surface area contributed by atoms with Crippen LogP contribution in [0.25, 0.3) is 0 Å². The summed E-state index contributed by atoms with van der Waals surface area (Å²) < 4.78 is 5.32. The van der Waals surface area contributed by atoms with Crippen molar-refractivity contribution in [2.24, 2.45) is 5.73 Å². The highest BCUT2D eigenvalue weighted by Crippen LogP contribution is 2.24. The van der Waals surface area contributed by atoms with Crippen molar-refractivity contribution in [3.8, 4) is 0 Å². The highest BCUT2D eigenvalue weighted by Gasteiger charge is 2.40. The number of nitrogens with zero attached hydrogens (tertiary/aromatic N) is 2. The second kappa shape index (κ2) is 6.41. The standard InChI is InChI=1S/C15H29N3O2/c1-12(2)18-8-4-13(5-9-18)17(3)14(19)15(16)6-10-20-11-7-15/h12-13H,4-11,16H2,1-3H3. The van der Waals surface area contributed by atoms with Crippen LogP contribution in [0.2, 0.25) is 0 Å². The summed E-state index contributed by atoms with van der Waals surface area (Å²) in [6.45, 7) is 7.79. The molecule has 116 valence electrons. The minimum Gasteiger partial charge on any atom is -0.381 e. The Labute approximate surface area is 122 Å². The van der Waals surface area contributed by atoms with Crippen LogP contribution >= 0.6 is 0 Å². The SMILES string of the molecule is CC(C)N1CCC(N(C)C(=O)C2(N)CCOCC2)CC1. The molecule has 20 heavy (non-hydrogen) atoms. The van der Waals surface area contributed by atoms with Gasteiger partial charge in [0, 0.05) is 45.4 Å². The van der Waals surface area contributed by atoms with Crippen LogP contribution in [0, 0.1) is 0 Å². The summed E-state index contributed by atoms with van der Waals surface area (Å²) in [5.41, 5.74) is 5.60. The minimum atomic E-state index is -0.706. The van der Waals surface area contributed by atoms with Gasteiger partial charge in [-0.25, -0.2) is 0 Å². The number of hydrogen-bond donors (Lipinski definition) is 1. The number of amides is 1. The predicted octanol–water partition coefficient (Wildman–Crippen LogP) is 0.826. The van der Waals surface area contributed by atoms with Gasteiger partial charge in [0.15, 0.2) is 0 Å². The fourth-order valence-corrected chi connectivity index (χ4v) is 3.26. The van der Waals surface area contributed by atoms with Gasteiger partial charge < -0.3 is 20.3 Å². The van der Waals surface area contributed by atoms with E-state index in [9.17, 15) is 4.79 Å². The lowest BCUT2D eigenvalue weighted by atomic mass is 9.88. The Balaban J connectivity index is 1.91. The van der Waals surface area contributed by atoms with Crippen LogP contribution in [-0.4, -0.2) is 66.7 Å². The quantitative estimate of drug-likeness (QED) is 0.833. The van der Waals surface area contributed by atoms with E-state index in [0.29, 0.717) is 38.1 Å². The Morgan fingerprint density at radius 2 is 1.85 bits per heavy atom. The molecule has 2 heterocycles. The Morgan fingerprint density at radius 1 is 1.30 bits per heavy atom. The first-order chi connectivity index (χ1) is 9.44. The largest absolute Gasteiger partial charge is 0.381 e. The van der Waals surface area contributed by atoms with E-state index >= 15 is 0 Å². The molecule has 2 saturated heterocycles. The molecule has 2 aliphatic rings. The molecular weight excluding hydrogens is 254 g/mol. The fourth-order valence-electron chi connectivity index (χ4n) is 3.26. The van der Waals surface area contributed by atoms with Crippen LogP contribution in [0.4, 0.5) is 0 Å². The molecule has 2 N–H and O–H groups in total. The van der Waals surface area contributed by atoms with Crippen LogP contribution in [-0.2, 0) is 9.53 Å². The third kappa shape index (κ3) is 3.32. The van der Waals surface area contributed by atoms with E-state index in [4.69, 9.17) is 10.5 Å². The Hall–Kier alpha value is -0.650. The van der Waals surface area contributed by atoms with Gasteiger partial charge in [0.2, 0.25) is 5.91 Å². The molecule has 5 heteroatoms. The number of rotatable bonds is 3. The summed E-state index contributed by atoms with van der Waals surface area (Å²) in [7, 11) is 1.92. The maximum atomic E-state index is 12.7. The van der Waals surface area contributed by atoms with Crippen molar-refractivity contribution in [3.05, 3.63) is 0 Å². The summed E-state index contributed by atoms with van der Waals surface area (Å²) in [6.07, 6.45) is 3.38. The van der Waals surface area contributed by atoms with E-state index < -0.39 is 5.54 Å². The van der Waals surface area contributed by atoms with Crippen LogP contribution in [0.1, 0.15) is 39.5 Å². The zero-order chi connectivity index (χ0) is 14.8. The lowest BCUT2D eigenvalue weighted by molar-refractivity contribution is -0.142. The molecule has 0 unspecified atom stereocenters. The van der Waals surface area contributed by atoms with Gasteiger partial charge in [-0.1, -0.05) is 0 Å². The highest BCUT2D eigenvalue weighted by molar-refractivity contribution is 5.86. The van der Waals surface area contributed by atoms with Gasteiger partial charge in [-0.2, -0.15) is 0 Å². The normalized spacial score (nSPS) is 24.9. The number of hydrogen-bond acceptors (Lipinski definition) is 4. The second-order valence-corrected chi connectivity index (χ2v) is 6.55. The maximum absolute atomic E-state index is 12.7. The van der Waals surface area contributed by atoms with Crippen LogP contribution < -0.4 is 5.73 Å². The summed E-state index contributed by atoms with van der Waals surface area (Å²) >= 11 is 0. The summed E-state index contributed by atoms with van der Waals surface area (Å²) in [6, 6.07) is 0.925. The summed E-state index contributed by atoms with van der Waals surface area (Å²) in [5, 5.41) is 0. The van der Waals surface area contributed by atoms with Crippen molar-refractivity contribution in [3.63, 3.8) is 0 Å². The van der Waals surface area contributed by atoms with Gasteiger partial charge in [-0.3, -0.25) is 4.79 Å². The van der Waals surface area contributed by atoms with E-state index in [2.05, 4.69) is 18.7 Å². The minimum absolute atomic E-state index is 0.101. The molecule has 0 saturated carbocycles. The van der Waals surface area contributed by atoms with Crippen molar-refractivity contribution in [2.45, 2.75) is 57.2 Å². The van der Waals surface area contributed by atoms with Crippen molar-refractivity contribution in [1.29, 1.82) is 0 Å². The molecule has 0 atom stereocenters. The number of piperidine rings is 1. The van der Waals surface area contributed by atoms with Crippen molar-refractivity contribution >= 4 is 5.91 Å². The molecule has 2 aliphatic heterocycles. The molecule has 0 aliphatic carbocycles. The Kier molecular flexibility index (Phi) is 5.04. The van der Waals surface area contributed by atoms with Gasteiger partial charge in [0.1, 0.15) is 0 Å². The Bertz CT molecular complexity index is 332. The number of nitrogens with two attached hydrogens (primary N) is 1. The molecule has 0 aromatic rings. The highest BCUT2D eigenvalue weighted by atomic mass is 16.5. The van der Waals surface area contributed by atoms with E-state index in [1.807, 2.05) is 11.9 Å². The Morgan fingerprint density at radius 3 is 2.35 bits per heavy atom. The average Bonchev–Trinajstić information content (AvgIpc) is 2.46. The number of ether oxygens (including phenoxy) is 1. The van der Waals surface area contributed by atoms with Crippen molar-refractivity contribution in [2.75, 3.05) is 33.4 Å². The average molecular weight is 283 g/mol. The molecule has 2 rings (SSSR count).